The van der Waals surface area contributed by atoms with Crippen LogP contribution in [-0.2, 0) is 5.75 Å². The largest absolute Gasteiger partial charge is 0.370 e. The normalized spacial score (nSPS) is 10.4. The topological polar surface area (TPSA) is 24.9 Å². The monoisotopic (exact) mass is 276 g/mol. The molecule has 0 aliphatic heterocycles. The molecule has 0 bridgehead atoms. The van der Waals surface area contributed by atoms with Crippen LogP contribution in [-0.4, -0.2) is 11.5 Å². The number of halogens is 1. The van der Waals surface area contributed by atoms with Crippen molar-refractivity contribution in [1.29, 1.82) is 0 Å². The van der Waals surface area contributed by atoms with Crippen molar-refractivity contribution in [2.24, 2.45) is 0 Å². The van der Waals surface area contributed by atoms with Crippen LogP contribution in [0.15, 0.2) is 47.5 Å². The molecule has 2 aromatic rings. The van der Waals surface area contributed by atoms with E-state index >= 15 is 0 Å². The lowest BCUT2D eigenvalue weighted by atomic mass is 10.3. The van der Waals surface area contributed by atoms with Gasteiger partial charge >= 0.3 is 0 Å². The van der Waals surface area contributed by atoms with Crippen LogP contribution in [0.3, 0.4) is 0 Å². The minimum Gasteiger partial charge on any atom is -0.370 e. The van der Waals surface area contributed by atoms with Gasteiger partial charge in [-0.3, -0.25) is 0 Å². The molecule has 1 heterocycles. The fourth-order valence-corrected chi connectivity index (χ4v) is 2.52. The number of rotatable bonds is 6. The number of aromatic nitrogens is 1. The molecule has 19 heavy (non-hydrogen) atoms. The first-order valence-corrected chi connectivity index (χ1v) is 7.34. The summed E-state index contributed by atoms with van der Waals surface area (Å²) in [4.78, 5) is 4.94. The molecule has 0 aliphatic rings. The van der Waals surface area contributed by atoms with E-state index in [9.17, 15) is 4.39 Å². The highest BCUT2D eigenvalue weighted by Crippen LogP contribution is 2.25. The molecule has 1 N–H and O–H groups in total. The average molecular weight is 276 g/mol. The van der Waals surface area contributed by atoms with Crippen molar-refractivity contribution >= 4 is 17.6 Å². The Kier molecular flexibility index (Phi) is 5.21. The smallest absolute Gasteiger partial charge is 0.136 e. The van der Waals surface area contributed by atoms with Crippen molar-refractivity contribution in [3.8, 4) is 0 Å². The van der Waals surface area contributed by atoms with Crippen LogP contribution in [0, 0.1) is 5.82 Å². The predicted octanol–water partition coefficient (Wildman–Crippen LogP) is 4.33. The molecule has 0 spiro atoms. The maximum atomic E-state index is 13.5. The van der Waals surface area contributed by atoms with Gasteiger partial charge in [-0.05, 0) is 36.2 Å². The van der Waals surface area contributed by atoms with Crippen LogP contribution in [0.5, 0.6) is 0 Å². The molecule has 0 radical (unpaired) electrons. The molecule has 0 saturated carbocycles. The highest BCUT2D eigenvalue weighted by atomic mass is 32.2. The number of nitrogens with one attached hydrogen (secondary N) is 1. The summed E-state index contributed by atoms with van der Waals surface area (Å²) in [5.74, 6) is 1.46. The van der Waals surface area contributed by atoms with Crippen molar-refractivity contribution < 1.29 is 4.39 Å². The van der Waals surface area contributed by atoms with Crippen LogP contribution in [0.25, 0.3) is 0 Å². The summed E-state index contributed by atoms with van der Waals surface area (Å²) >= 11 is 1.50. The molecule has 2 nitrogen and oxygen atoms in total. The first-order chi connectivity index (χ1) is 9.29. The van der Waals surface area contributed by atoms with Gasteiger partial charge in [0.05, 0.1) is 0 Å². The van der Waals surface area contributed by atoms with Crippen molar-refractivity contribution in [2.75, 3.05) is 11.9 Å². The Balaban J connectivity index is 1.98. The van der Waals surface area contributed by atoms with E-state index in [0.717, 1.165) is 30.1 Å². The summed E-state index contributed by atoms with van der Waals surface area (Å²) in [6, 6.07) is 10.8. The van der Waals surface area contributed by atoms with Crippen molar-refractivity contribution in [3.63, 3.8) is 0 Å². The fraction of sp³-hybridized carbons (Fsp3) is 0.267. The van der Waals surface area contributed by atoms with Gasteiger partial charge in [0, 0.05) is 23.4 Å². The Labute approximate surface area is 117 Å². The van der Waals surface area contributed by atoms with E-state index in [1.165, 1.54) is 17.8 Å². The van der Waals surface area contributed by atoms with E-state index in [0.29, 0.717) is 4.90 Å². The van der Waals surface area contributed by atoms with Gasteiger partial charge in [-0.1, -0.05) is 19.1 Å². The second-order valence-corrected chi connectivity index (χ2v) is 5.21. The Morgan fingerprint density at radius 3 is 2.89 bits per heavy atom. The van der Waals surface area contributed by atoms with Gasteiger partial charge in [0.15, 0.2) is 0 Å². The highest BCUT2D eigenvalue weighted by molar-refractivity contribution is 7.98. The minimum absolute atomic E-state index is 0.161. The van der Waals surface area contributed by atoms with Gasteiger partial charge in [0.1, 0.15) is 11.6 Å². The Morgan fingerprint density at radius 2 is 2.11 bits per heavy atom. The summed E-state index contributed by atoms with van der Waals surface area (Å²) in [7, 11) is 0. The first kappa shape index (κ1) is 13.9. The number of thioether (sulfide) groups is 1. The number of benzene rings is 1. The molecule has 2 rings (SSSR count). The lowest BCUT2D eigenvalue weighted by Gasteiger charge is -2.06. The van der Waals surface area contributed by atoms with Gasteiger partial charge in [0.25, 0.3) is 0 Å². The van der Waals surface area contributed by atoms with Gasteiger partial charge in [0.2, 0.25) is 0 Å². The molecule has 0 fully saturated rings. The minimum atomic E-state index is -0.161. The number of hydrogen-bond donors (Lipinski definition) is 1. The summed E-state index contributed by atoms with van der Waals surface area (Å²) in [6.45, 7) is 3.03. The zero-order valence-electron chi connectivity index (χ0n) is 10.9. The molecule has 0 amide bonds. The van der Waals surface area contributed by atoms with E-state index in [1.54, 1.807) is 18.3 Å². The lowest BCUT2D eigenvalue weighted by Crippen LogP contribution is -2.01. The van der Waals surface area contributed by atoms with Crippen LogP contribution in [0.4, 0.5) is 10.2 Å². The fourth-order valence-electron chi connectivity index (χ4n) is 1.64. The molecular formula is C15H17FN2S. The molecule has 0 saturated heterocycles. The zero-order chi connectivity index (χ0) is 13.5. The maximum absolute atomic E-state index is 13.5. The van der Waals surface area contributed by atoms with Crippen LogP contribution in [0.1, 0.15) is 18.9 Å². The van der Waals surface area contributed by atoms with Crippen LogP contribution >= 0.6 is 11.8 Å². The standard InChI is InChI=1S/C15H17FN2S/c1-2-8-17-15-10-12(7-9-18-15)11-19-14-6-4-3-5-13(14)16/h3-7,9-10H,2,8,11H2,1H3,(H,17,18). The molecule has 0 aliphatic carbocycles. The van der Waals surface area contributed by atoms with Crippen LogP contribution in [0.2, 0.25) is 0 Å². The quantitative estimate of drug-likeness (QED) is 0.795. The molecular weight excluding hydrogens is 259 g/mol. The van der Waals surface area contributed by atoms with Crippen LogP contribution < -0.4 is 5.32 Å². The predicted molar refractivity (Wildman–Crippen MR) is 79.0 cm³/mol. The Bertz CT molecular complexity index is 531. The number of pyridine rings is 1. The molecule has 1 aromatic heterocycles. The van der Waals surface area contributed by atoms with Crippen molar-refractivity contribution in [2.45, 2.75) is 24.0 Å². The van der Waals surface area contributed by atoms with Gasteiger partial charge in [-0.15, -0.1) is 11.8 Å². The zero-order valence-corrected chi connectivity index (χ0v) is 11.7. The second-order valence-electron chi connectivity index (χ2n) is 4.20. The SMILES string of the molecule is CCCNc1cc(CSc2ccccc2F)ccn1. The third-order valence-corrected chi connectivity index (χ3v) is 3.73. The van der Waals surface area contributed by atoms with Crippen molar-refractivity contribution in [3.05, 3.63) is 54.0 Å². The molecule has 1 aromatic carbocycles. The number of hydrogen-bond acceptors (Lipinski definition) is 3. The van der Waals surface area contributed by atoms with Gasteiger partial charge < -0.3 is 5.32 Å². The third kappa shape index (κ3) is 4.24. The maximum Gasteiger partial charge on any atom is 0.136 e. The Morgan fingerprint density at radius 1 is 1.26 bits per heavy atom. The summed E-state index contributed by atoms with van der Waals surface area (Å²) in [6.07, 6.45) is 2.85. The third-order valence-electron chi connectivity index (χ3n) is 2.61. The molecule has 0 atom stereocenters. The first-order valence-electron chi connectivity index (χ1n) is 6.35. The van der Waals surface area contributed by atoms with E-state index in [4.69, 9.17) is 0 Å². The Hall–Kier alpha value is -1.55. The van der Waals surface area contributed by atoms with Gasteiger partial charge in [-0.25, -0.2) is 9.37 Å². The highest BCUT2D eigenvalue weighted by Gasteiger charge is 2.03. The molecule has 4 heteroatoms. The van der Waals surface area contributed by atoms with E-state index in [1.807, 2.05) is 18.2 Å². The van der Waals surface area contributed by atoms with E-state index in [2.05, 4.69) is 17.2 Å². The van der Waals surface area contributed by atoms with E-state index < -0.39 is 0 Å². The second kappa shape index (κ2) is 7.14. The van der Waals surface area contributed by atoms with Crippen molar-refractivity contribution in [1.82, 2.24) is 4.98 Å². The van der Waals surface area contributed by atoms with E-state index in [-0.39, 0.29) is 5.82 Å². The number of nitrogens with zero attached hydrogens (tertiary/aromatic N) is 1. The molecule has 0 unspecified atom stereocenters. The summed E-state index contributed by atoms with van der Waals surface area (Å²) in [5.41, 5.74) is 1.14. The average Bonchev–Trinajstić information content (AvgIpc) is 2.45. The molecule has 100 valence electrons. The lowest BCUT2D eigenvalue weighted by molar-refractivity contribution is 0.602. The summed E-state index contributed by atoms with van der Waals surface area (Å²) < 4.78 is 13.5. The number of anilines is 1. The van der Waals surface area contributed by atoms with Gasteiger partial charge in [-0.2, -0.15) is 0 Å². The summed E-state index contributed by atoms with van der Waals surface area (Å²) in [5, 5.41) is 3.25.